The van der Waals surface area contributed by atoms with Crippen molar-refractivity contribution in [2.24, 2.45) is 0 Å². The number of nitrogens with zero attached hydrogens (tertiary/aromatic N) is 2. The Morgan fingerprint density at radius 2 is 1.90 bits per heavy atom. The van der Waals surface area contributed by atoms with Gasteiger partial charge in [0.1, 0.15) is 12.4 Å². The molecule has 0 amide bonds. The molecule has 1 saturated carbocycles. The minimum absolute atomic E-state index is 0.00222. The Bertz CT molecular complexity index is 961. The molecule has 154 valence electrons. The van der Waals surface area contributed by atoms with Gasteiger partial charge in [-0.1, -0.05) is 19.3 Å². The van der Waals surface area contributed by atoms with Gasteiger partial charge >= 0.3 is 11.9 Å². The van der Waals surface area contributed by atoms with Gasteiger partial charge in [-0.3, -0.25) is 0 Å². The lowest BCUT2D eigenvalue weighted by atomic mass is 9.90. The molecule has 2 aliphatic rings. The number of hydrogen-bond donors (Lipinski definition) is 0. The van der Waals surface area contributed by atoms with Gasteiger partial charge < -0.3 is 19.1 Å². The molecule has 29 heavy (non-hydrogen) atoms. The lowest BCUT2D eigenvalue weighted by Gasteiger charge is -2.31. The van der Waals surface area contributed by atoms with Crippen LogP contribution in [0, 0.1) is 0 Å². The molecule has 4 rings (SSSR count). The van der Waals surface area contributed by atoms with Crippen LogP contribution in [-0.2, 0) is 23.8 Å². The van der Waals surface area contributed by atoms with Gasteiger partial charge in [-0.25, -0.2) is 14.6 Å². The second-order valence-corrected chi connectivity index (χ2v) is 8.32. The predicted molar refractivity (Wildman–Crippen MR) is 110 cm³/mol. The summed E-state index contributed by atoms with van der Waals surface area (Å²) in [6, 6.07) is 5.83. The Morgan fingerprint density at radius 1 is 1.14 bits per heavy atom. The summed E-state index contributed by atoms with van der Waals surface area (Å²) in [6.45, 7) is 0.146. The first-order chi connectivity index (χ1) is 14.1. The average molecular weight is 416 g/mol. The van der Waals surface area contributed by atoms with Crippen molar-refractivity contribution in [2.75, 3.05) is 32.5 Å². The number of rotatable bonds is 4. The third-order valence-electron chi connectivity index (χ3n) is 5.49. The van der Waals surface area contributed by atoms with Crippen molar-refractivity contribution in [3.8, 4) is 0 Å². The number of ether oxygens (including phenoxy) is 3. The molecule has 0 atom stereocenters. The fraction of sp³-hybridized carbons (Fsp3) is 0.476. The standard InChI is InChI=1S/C21H24N2O5S/c1-26-20(24)15-11-28-12-23(18(15)21(25)27-2)14-8-9-16-17(10-14)29-19(22-16)13-6-4-3-5-7-13/h8-10,13H,3-7,11-12H2,1-2H3. The molecule has 2 aromatic rings. The number of methoxy groups -OCH3 is 2. The molecule has 0 saturated heterocycles. The van der Waals surface area contributed by atoms with Crippen LogP contribution in [0.2, 0.25) is 0 Å². The van der Waals surface area contributed by atoms with Crippen LogP contribution in [0.3, 0.4) is 0 Å². The van der Waals surface area contributed by atoms with Gasteiger partial charge in [0.15, 0.2) is 0 Å². The highest BCUT2D eigenvalue weighted by Gasteiger charge is 2.32. The van der Waals surface area contributed by atoms with Crippen molar-refractivity contribution in [3.63, 3.8) is 0 Å². The van der Waals surface area contributed by atoms with Crippen molar-refractivity contribution in [1.82, 2.24) is 4.98 Å². The number of fused-ring (bicyclic) bond motifs is 1. The molecule has 0 bridgehead atoms. The van der Waals surface area contributed by atoms with E-state index in [9.17, 15) is 9.59 Å². The molecule has 0 spiro atoms. The molecule has 8 heteroatoms. The number of carbonyl (C=O) groups is 2. The molecular formula is C21H24N2O5S. The van der Waals surface area contributed by atoms with Crippen molar-refractivity contribution >= 4 is 39.2 Å². The third-order valence-corrected chi connectivity index (χ3v) is 6.67. The first-order valence-electron chi connectivity index (χ1n) is 9.78. The number of hydrogen-bond acceptors (Lipinski definition) is 8. The average Bonchev–Trinajstić information content (AvgIpc) is 3.21. The molecule has 1 fully saturated rings. The molecule has 1 aliphatic heterocycles. The highest BCUT2D eigenvalue weighted by atomic mass is 32.1. The Morgan fingerprint density at radius 3 is 2.62 bits per heavy atom. The number of aromatic nitrogens is 1. The Balaban J connectivity index is 1.72. The number of esters is 2. The molecule has 0 unspecified atom stereocenters. The van der Waals surface area contributed by atoms with Crippen LogP contribution in [-0.4, -0.2) is 44.5 Å². The van der Waals surface area contributed by atoms with E-state index in [1.807, 2.05) is 18.2 Å². The summed E-state index contributed by atoms with van der Waals surface area (Å²) in [5, 5.41) is 1.19. The van der Waals surface area contributed by atoms with Crippen molar-refractivity contribution in [1.29, 1.82) is 0 Å². The summed E-state index contributed by atoms with van der Waals surface area (Å²) in [5.74, 6) is -0.658. The van der Waals surface area contributed by atoms with Crippen LogP contribution < -0.4 is 4.90 Å². The van der Waals surface area contributed by atoms with E-state index in [0.29, 0.717) is 5.92 Å². The van der Waals surface area contributed by atoms with Gasteiger partial charge in [-0.2, -0.15) is 0 Å². The van der Waals surface area contributed by atoms with E-state index < -0.39 is 11.9 Å². The van der Waals surface area contributed by atoms with Crippen LogP contribution in [0.15, 0.2) is 29.5 Å². The molecule has 1 aromatic heterocycles. The molecule has 7 nitrogen and oxygen atoms in total. The number of anilines is 1. The Kier molecular flexibility index (Phi) is 5.82. The molecule has 0 radical (unpaired) electrons. The summed E-state index contributed by atoms with van der Waals surface area (Å²) < 4.78 is 16.4. The lowest BCUT2D eigenvalue weighted by Crippen LogP contribution is -2.38. The molecule has 2 heterocycles. The highest BCUT2D eigenvalue weighted by molar-refractivity contribution is 7.18. The zero-order valence-electron chi connectivity index (χ0n) is 16.6. The van der Waals surface area contributed by atoms with Crippen molar-refractivity contribution in [2.45, 2.75) is 38.0 Å². The van der Waals surface area contributed by atoms with E-state index >= 15 is 0 Å². The maximum Gasteiger partial charge on any atom is 0.355 e. The quantitative estimate of drug-likeness (QED) is 0.703. The highest BCUT2D eigenvalue weighted by Crippen LogP contribution is 2.38. The molecule has 0 N–H and O–H groups in total. The lowest BCUT2D eigenvalue weighted by molar-refractivity contribution is -0.140. The third kappa shape index (κ3) is 3.86. The van der Waals surface area contributed by atoms with Crippen LogP contribution in [0.5, 0.6) is 0 Å². The second-order valence-electron chi connectivity index (χ2n) is 7.25. The Hall–Kier alpha value is -2.45. The minimum Gasteiger partial charge on any atom is -0.466 e. The SMILES string of the molecule is COC(=O)C1=C(C(=O)OC)N(c2ccc3nc(C4CCCCC4)sc3c2)COC1. The van der Waals surface area contributed by atoms with Crippen LogP contribution in [0.4, 0.5) is 5.69 Å². The van der Waals surface area contributed by atoms with E-state index in [-0.39, 0.29) is 24.6 Å². The number of thiazole rings is 1. The smallest absolute Gasteiger partial charge is 0.355 e. The predicted octanol–water partition coefficient (Wildman–Crippen LogP) is 3.74. The summed E-state index contributed by atoms with van der Waals surface area (Å²) in [5.41, 5.74) is 2.01. The summed E-state index contributed by atoms with van der Waals surface area (Å²) in [7, 11) is 2.57. The van der Waals surface area contributed by atoms with Gasteiger partial charge in [0.05, 0.1) is 41.6 Å². The van der Waals surface area contributed by atoms with Gasteiger partial charge in [0.2, 0.25) is 0 Å². The maximum atomic E-state index is 12.5. The number of carbonyl (C=O) groups excluding carboxylic acids is 2. The van der Waals surface area contributed by atoms with Gasteiger partial charge in [0, 0.05) is 11.6 Å². The van der Waals surface area contributed by atoms with Gasteiger partial charge in [-0.05, 0) is 31.0 Å². The normalized spacial score (nSPS) is 18.2. The van der Waals surface area contributed by atoms with E-state index in [0.717, 1.165) is 15.9 Å². The second kappa shape index (κ2) is 8.51. The molecular weight excluding hydrogens is 392 g/mol. The van der Waals surface area contributed by atoms with E-state index in [1.54, 1.807) is 16.2 Å². The summed E-state index contributed by atoms with van der Waals surface area (Å²) in [4.78, 5) is 31.1. The first-order valence-corrected chi connectivity index (χ1v) is 10.6. The fourth-order valence-electron chi connectivity index (χ4n) is 3.97. The van der Waals surface area contributed by atoms with Gasteiger partial charge in [-0.15, -0.1) is 11.3 Å². The summed E-state index contributed by atoms with van der Waals surface area (Å²) in [6.07, 6.45) is 6.24. The molecule has 1 aliphatic carbocycles. The monoisotopic (exact) mass is 416 g/mol. The van der Waals surface area contributed by atoms with Gasteiger partial charge in [0.25, 0.3) is 0 Å². The van der Waals surface area contributed by atoms with Crippen molar-refractivity contribution < 1.29 is 23.8 Å². The largest absolute Gasteiger partial charge is 0.466 e. The minimum atomic E-state index is -0.603. The topological polar surface area (TPSA) is 78.0 Å². The van der Waals surface area contributed by atoms with Crippen LogP contribution in [0.25, 0.3) is 10.2 Å². The van der Waals surface area contributed by atoms with E-state index in [4.69, 9.17) is 19.2 Å². The molecule has 1 aromatic carbocycles. The maximum absolute atomic E-state index is 12.5. The number of benzene rings is 1. The zero-order chi connectivity index (χ0) is 20.4. The van der Waals surface area contributed by atoms with Crippen molar-refractivity contribution in [3.05, 3.63) is 34.5 Å². The van der Waals surface area contributed by atoms with Crippen LogP contribution in [0.1, 0.15) is 43.0 Å². The zero-order valence-corrected chi connectivity index (χ0v) is 17.4. The fourth-order valence-corrected chi connectivity index (χ4v) is 5.14. The Labute approximate surface area is 173 Å². The van der Waals surface area contributed by atoms with Crippen LogP contribution >= 0.6 is 11.3 Å². The summed E-state index contributed by atoms with van der Waals surface area (Å²) >= 11 is 1.71. The van der Waals surface area contributed by atoms with E-state index in [2.05, 4.69) is 0 Å². The van der Waals surface area contributed by atoms with E-state index in [1.165, 1.54) is 51.3 Å². The first kappa shape index (κ1) is 19.8.